The third-order valence-electron chi connectivity index (χ3n) is 4.10. The topological polar surface area (TPSA) is 53.5 Å². The van der Waals surface area contributed by atoms with Crippen LogP contribution in [-0.4, -0.2) is 41.8 Å². The van der Waals surface area contributed by atoms with Gasteiger partial charge in [0.1, 0.15) is 6.54 Å². The van der Waals surface area contributed by atoms with Gasteiger partial charge in [0, 0.05) is 38.6 Å². The van der Waals surface area contributed by atoms with Crippen LogP contribution in [0.15, 0.2) is 42.7 Å². The summed E-state index contributed by atoms with van der Waals surface area (Å²) in [6.07, 6.45) is 4.25. The third kappa shape index (κ3) is 5.41. The number of anilines is 1. The maximum Gasteiger partial charge on any atom is 0.242 e. The number of carbonyl (C=O) groups is 2. The van der Waals surface area contributed by atoms with Crippen molar-refractivity contribution >= 4 is 17.5 Å². The number of nitrogens with zero attached hydrogens (tertiary/aromatic N) is 3. The lowest BCUT2D eigenvalue weighted by Crippen LogP contribution is -2.41. The van der Waals surface area contributed by atoms with Crippen LogP contribution in [0, 0.1) is 13.8 Å². The highest BCUT2D eigenvalue weighted by molar-refractivity contribution is 5.97. The van der Waals surface area contributed by atoms with Gasteiger partial charge in [0.25, 0.3) is 0 Å². The number of likely N-dealkylation sites (N-methyl/N-ethyl adjacent to an activating group) is 1. The summed E-state index contributed by atoms with van der Waals surface area (Å²) in [6.45, 7) is 6.10. The van der Waals surface area contributed by atoms with Gasteiger partial charge in [-0.1, -0.05) is 6.07 Å². The van der Waals surface area contributed by atoms with E-state index in [1.54, 1.807) is 24.3 Å². The Balaban J connectivity index is 2.03. The predicted octanol–water partition coefficient (Wildman–Crippen LogP) is 2.75. The van der Waals surface area contributed by atoms with Gasteiger partial charge in [-0.2, -0.15) is 0 Å². The van der Waals surface area contributed by atoms with Crippen molar-refractivity contribution in [3.63, 3.8) is 0 Å². The number of carbonyl (C=O) groups excluding carboxylic acids is 2. The molecule has 25 heavy (non-hydrogen) atoms. The molecule has 0 radical (unpaired) electrons. The Morgan fingerprint density at radius 1 is 1.04 bits per heavy atom. The maximum atomic E-state index is 12.5. The molecule has 132 valence electrons. The number of aromatic nitrogens is 1. The average molecular weight is 339 g/mol. The van der Waals surface area contributed by atoms with E-state index in [1.807, 2.05) is 44.2 Å². The van der Waals surface area contributed by atoms with E-state index in [9.17, 15) is 9.59 Å². The number of benzene rings is 1. The molecule has 0 fully saturated rings. The first-order valence-electron chi connectivity index (χ1n) is 8.36. The summed E-state index contributed by atoms with van der Waals surface area (Å²) in [5.74, 6) is -0.218. The highest BCUT2D eigenvalue weighted by Gasteiger charge is 2.19. The van der Waals surface area contributed by atoms with Crippen LogP contribution in [0.3, 0.4) is 0 Å². The summed E-state index contributed by atoms with van der Waals surface area (Å²) in [6, 6.07) is 9.78. The van der Waals surface area contributed by atoms with Crippen LogP contribution in [-0.2, 0) is 16.0 Å². The van der Waals surface area contributed by atoms with Crippen molar-refractivity contribution in [2.75, 3.05) is 25.0 Å². The average Bonchev–Trinajstić information content (AvgIpc) is 2.57. The maximum absolute atomic E-state index is 12.5. The van der Waals surface area contributed by atoms with E-state index in [-0.39, 0.29) is 18.4 Å². The number of amides is 2. The molecule has 2 rings (SSSR count). The normalized spacial score (nSPS) is 10.4. The Morgan fingerprint density at radius 3 is 2.20 bits per heavy atom. The highest BCUT2D eigenvalue weighted by atomic mass is 16.2. The number of rotatable bonds is 6. The first-order valence-corrected chi connectivity index (χ1v) is 8.36. The summed E-state index contributed by atoms with van der Waals surface area (Å²) in [7, 11) is 1.77. The molecule has 5 nitrogen and oxygen atoms in total. The van der Waals surface area contributed by atoms with Gasteiger partial charge in [-0.25, -0.2) is 0 Å². The van der Waals surface area contributed by atoms with Gasteiger partial charge >= 0.3 is 0 Å². The van der Waals surface area contributed by atoms with Crippen LogP contribution >= 0.6 is 0 Å². The van der Waals surface area contributed by atoms with Crippen molar-refractivity contribution in [3.8, 4) is 0 Å². The van der Waals surface area contributed by atoms with E-state index in [4.69, 9.17) is 0 Å². The third-order valence-corrected chi connectivity index (χ3v) is 4.10. The van der Waals surface area contributed by atoms with Crippen LogP contribution in [0.2, 0.25) is 0 Å². The lowest BCUT2D eigenvalue weighted by Gasteiger charge is -2.25. The minimum absolute atomic E-state index is 0.0467. The molecule has 0 N–H and O–H groups in total. The van der Waals surface area contributed by atoms with Crippen molar-refractivity contribution in [2.24, 2.45) is 0 Å². The summed E-state index contributed by atoms with van der Waals surface area (Å²) in [5, 5.41) is 0. The number of pyridine rings is 1. The fourth-order valence-corrected chi connectivity index (χ4v) is 2.72. The molecule has 0 aliphatic carbocycles. The van der Waals surface area contributed by atoms with Gasteiger partial charge in [0.05, 0.1) is 0 Å². The second kappa shape index (κ2) is 8.42. The standard InChI is InChI=1S/C20H25N3O2/c1-15-11-16(2)13-19(12-15)23(17(3)24)14-20(25)22(4)10-7-18-5-8-21-9-6-18/h5-6,8-9,11-13H,7,10,14H2,1-4H3. The minimum atomic E-state index is -0.138. The van der Waals surface area contributed by atoms with E-state index in [0.717, 1.165) is 28.8 Å². The second-order valence-corrected chi connectivity index (χ2v) is 6.37. The van der Waals surface area contributed by atoms with Crippen molar-refractivity contribution in [3.05, 3.63) is 59.4 Å². The molecule has 0 aliphatic heterocycles. The van der Waals surface area contributed by atoms with E-state index in [2.05, 4.69) is 4.98 Å². The summed E-state index contributed by atoms with van der Waals surface area (Å²) >= 11 is 0. The number of hydrogen-bond acceptors (Lipinski definition) is 3. The molecule has 0 aliphatic rings. The minimum Gasteiger partial charge on any atom is -0.344 e. The van der Waals surface area contributed by atoms with Gasteiger partial charge in [-0.3, -0.25) is 14.6 Å². The Morgan fingerprint density at radius 2 is 1.64 bits per heavy atom. The lowest BCUT2D eigenvalue weighted by molar-refractivity contribution is -0.130. The van der Waals surface area contributed by atoms with E-state index in [0.29, 0.717) is 6.54 Å². The number of hydrogen-bond donors (Lipinski definition) is 0. The molecule has 0 saturated heterocycles. The highest BCUT2D eigenvalue weighted by Crippen LogP contribution is 2.19. The quantitative estimate of drug-likeness (QED) is 0.813. The SMILES string of the molecule is CC(=O)N(CC(=O)N(C)CCc1ccncc1)c1cc(C)cc(C)c1. The first-order chi connectivity index (χ1) is 11.9. The number of aryl methyl sites for hydroxylation is 2. The second-order valence-electron chi connectivity index (χ2n) is 6.37. The van der Waals surface area contributed by atoms with Crippen LogP contribution in [0.25, 0.3) is 0 Å². The largest absolute Gasteiger partial charge is 0.344 e. The Labute approximate surface area is 149 Å². The van der Waals surface area contributed by atoms with Crippen molar-refractivity contribution in [1.82, 2.24) is 9.88 Å². The monoisotopic (exact) mass is 339 g/mol. The molecular formula is C20H25N3O2. The Bertz CT molecular complexity index is 724. The van der Waals surface area contributed by atoms with Crippen molar-refractivity contribution in [1.29, 1.82) is 0 Å². The van der Waals surface area contributed by atoms with Crippen molar-refractivity contribution in [2.45, 2.75) is 27.2 Å². The smallest absolute Gasteiger partial charge is 0.242 e. The molecule has 0 saturated carbocycles. The van der Waals surface area contributed by atoms with E-state index < -0.39 is 0 Å². The molecular weight excluding hydrogens is 314 g/mol. The van der Waals surface area contributed by atoms with Gasteiger partial charge < -0.3 is 9.80 Å². The first kappa shape index (κ1) is 18.6. The van der Waals surface area contributed by atoms with Gasteiger partial charge in [-0.05, 0) is 61.2 Å². The van der Waals surface area contributed by atoms with Gasteiger partial charge in [-0.15, -0.1) is 0 Å². The zero-order valence-corrected chi connectivity index (χ0v) is 15.3. The van der Waals surface area contributed by atoms with Crippen LogP contribution < -0.4 is 4.90 Å². The van der Waals surface area contributed by atoms with E-state index in [1.165, 1.54) is 11.8 Å². The predicted molar refractivity (Wildman–Crippen MR) is 99.5 cm³/mol. The Hall–Kier alpha value is -2.69. The zero-order valence-electron chi connectivity index (χ0n) is 15.3. The Kier molecular flexibility index (Phi) is 6.28. The molecule has 2 amide bonds. The van der Waals surface area contributed by atoms with Crippen LogP contribution in [0.5, 0.6) is 0 Å². The molecule has 5 heteroatoms. The summed E-state index contributed by atoms with van der Waals surface area (Å²) in [5.41, 5.74) is 4.03. The molecule has 0 spiro atoms. The molecule has 1 aromatic carbocycles. The van der Waals surface area contributed by atoms with Crippen molar-refractivity contribution < 1.29 is 9.59 Å². The molecule has 0 bridgehead atoms. The molecule has 1 heterocycles. The summed E-state index contributed by atoms with van der Waals surface area (Å²) < 4.78 is 0. The van der Waals surface area contributed by atoms with Gasteiger partial charge in [0.15, 0.2) is 0 Å². The molecule has 0 unspecified atom stereocenters. The molecule has 1 aromatic heterocycles. The lowest BCUT2D eigenvalue weighted by atomic mass is 10.1. The molecule has 0 atom stereocenters. The zero-order chi connectivity index (χ0) is 18.4. The van der Waals surface area contributed by atoms with Crippen LogP contribution in [0.1, 0.15) is 23.6 Å². The molecule has 2 aromatic rings. The summed E-state index contributed by atoms with van der Waals surface area (Å²) in [4.78, 5) is 31.8. The fourth-order valence-electron chi connectivity index (χ4n) is 2.72. The van der Waals surface area contributed by atoms with Gasteiger partial charge in [0.2, 0.25) is 11.8 Å². The van der Waals surface area contributed by atoms with E-state index >= 15 is 0 Å². The fraction of sp³-hybridized carbons (Fsp3) is 0.350. The van der Waals surface area contributed by atoms with Crippen LogP contribution in [0.4, 0.5) is 5.69 Å².